The van der Waals surface area contributed by atoms with Gasteiger partial charge in [0.05, 0.1) is 7.14 Å². The van der Waals surface area contributed by atoms with Crippen LogP contribution in [-0.4, -0.2) is 19.0 Å². The minimum absolute atomic E-state index is 0.289. The summed E-state index contributed by atoms with van der Waals surface area (Å²) in [6, 6.07) is 0. The lowest BCUT2D eigenvalue weighted by Gasteiger charge is -2.20. The van der Waals surface area contributed by atoms with Crippen molar-refractivity contribution in [1.82, 2.24) is 0 Å². The second-order valence-corrected chi connectivity index (χ2v) is 7.20. The molecule has 0 radical (unpaired) electrons. The molecular formula is C9H15OP. The Kier molecular flexibility index (Phi) is 2.39. The fraction of sp³-hybridized carbons (Fsp3) is 0.556. The second-order valence-electron chi connectivity index (χ2n) is 3.52. The van der Waals surface area contributed by atoms with Gasteiger partial charge in [-0.2, -0.15) is 0 Å². The second kappa shape index (κ2) is 2.98. The number of hydrogen-bond donors (Lipinski definition) is 0. The van der Waals surface area contributed by atoms with Crippen molar-refractivity contribution >= 4 is 7.14 Å². The summed E-state index contributed by atoms with van der Waals surface area (Å²) in [5.41, 5.74) is 0.289. The smallest absolute Gasteiger partial charge is 0.0854 e. The summed E-state index contributed by atoms with van der Waals surface area (Å²) in [5, 5.41) is 0. The summed E-state index contributed by atoms with van der Waals surface area (Å²) < 4.78 is 11.6. The number of rotatable bonds is 2. The summed E-state index contributed by atoms with van der Waals surface area (Å²) in [5.74, 6) is 0.399. The van der Waals surface area contributed by atoms with Crippen molar-refractivity contribution in [1.29, 1.82) is 0 Å². The average Bonchev–Trinajstić information content (AvgIpc) is 2.34. The van der Waals surface area contributed by atoms with Crippen molar-refractivity contribution in [2.45, 2.75) is 12.6 Å². The predicted molar refractivity (Wildman–Crippen MR) is 50.7 cm³/mol. The summed E-state index contributed by atoms with van der Waals surface area (Å²) >= 11 is 0. The van der Waals surface area contributed by atoms with E-state index in [1.807, 2.05) is 25.5 Å². The first-order valence-corrected chi connectivity index (χ1v) is 6.58. The van der Waals surface area contributed by atoms with Gasteiger partial charge < -0.3 is 4.57 Å². The van der Waals surface area contributed by atoms with E-state index >= 15 is 0 Å². The van der Waals surface area contributed by atoms with Crippen LogP contribution in [0.2, 0.25) is 0 Å². The highest BCUT2D eigenvalue weighted by Crippen LogP contribution is 2.46. The molecule has 2 heteroatoms. The molecule has 0 aromatic heterocycles. The predicted octanol–water partition coefficient (Wildman–Crippen LogP) is 2.74. The van der Waals surface area contributed by atoms with Crippen molar-refractivity contribution in [3.8, 4) is 0 Å². The van der Waals surface area contributed by atoms with Gasteiger partial charge >= 0.3 is 0 Å². The standard InChI is InChI=1S/C9H15OP/c1-8(11(2,3)10)9-6-4-5-7-9/h4-9H,1-3H3/t8-/m1/s1. The average molecular weight is 170 g/mol. The lowest BCUT2D eigenvalue weighted by molar-refractivity contribution is 0.567. The third kappa shape index (κ3) is 2.07. The zero-order chi connectivity index (χ0) is 8.48. The van der Waals surface area contributed by atoms with Crippen LogP contribution in [0.1, 0.15) is 6.92 Å². The zero-order valence-electron chi connectivity index (χ0n) is 7.32. The summed E-state index contributed by atoms with van der Waals surface area (Å²) in [6.45, 7) is 5.78. The lowest BCUT2D eigenvalue weighted by atomic mass is 10.1. The molecule has 0 aliphatic heterocycles. The Morgan fingerprint density at radius 2 is 1.73 bits per heavy atom. The van der Waals surface area contributed by atoms with Crippen LogP contribution in [0.4, 0.5) is 0 Å². The molecule has 11 heavy (non-hydrogen) atoms. The van der Waals surface area contributed by atoms with E-state index < -0.39 is 7.14 Å². The first-order valence-electron chi connectivity index (χ1n) is 3.91. The van der Waals surface area contributed by atoms with Gasteiger partial charge in [-0.05, 0) is 13.3 Å². The fourth-order valence-corrected chi connectivity index (χ4v) is 2.21. The van der Waals surface area contributed by atoms with Gasteiger partial charge in [0.25, 0.3) is 0 Å². The van der Waals surface area contributed by atoms with Gasteiger partial charge in [0.1, 0.15) is 0 Å². The van der Waals surface area contributed by atoms with Crippen LogP contribution >= 0.6 is 7.14 Å². The molecule has 1 aliphatic carbocycles. The first-order chi connectivity index (χ1) is 5.02. The Morgan fingerprint density at radius 1 is 1.27 bits per heavy atom. The Labute approximate surface area is 68.6 Å². The zero-order valence-corrected chi connectivity index (χ0v) is 8.21. The van der Waals surface area contributed by atoms with E-state index in [0.717, 1.165) is 0 Å². The Hall–Kier alpha value is -0.290. The lowest BCUT2D eigenvalue weighted by Crippen LogP contribution is -2.11. The van der Waals surface area contributed by atoms with Gasteiger partial charge in [0.15, 0.2) is 0 Å². The van der Waals surface area contributed by atoms with E-state index in [0.29, 0.717) is 5.92 Å². The molecule has 0 aromatic carbocycles. The van der Waals surface area contributed by atoms with Crippen LogP contribution in [0.15, 0.2) is 24.3 Å². The van der Waals surface area contributed by atoms with Gasteiger partial charge in [0, 0.05) is 11.6 Å². The maximum absolute atomic E-state index is 11.6. The van der Waals surface area contributed by atoms with Crippen LogP contribution in [0.3, 0.4) is 0 Å². The van der Waals surface area contributed by atoms with Gasteiger partial charge in [-0.1, -0.05) is 31.2 Å². The number of hydrogen-bond acceptors (Lipinski definition) is 1. The molecule has 0 spiro atoms. The van der Waals surface area contributed by atoms with Crippen molar-refractivity contribution in [3.05, 3.63) is 24.3 Å². The molecular weight excluding hydrogens is 155 g/mol. The normalized spacial score (nSPS) is 21.0. The van der Waals surface area contributed by atoms with Crippen LogP contribution in [0.25, 0.3) is 0 Å². The SMILES string of the molecule is C[C@H](C1C=CC=C1)P(C)(C)=O. The molecule has 0 saturated carbocycles. The van der Waals surface area contributed by atoms with Crippen LogP contribution in [0, 0.1) is 5.92 Å². The van der Waals surface area contributed by atoms with E-state index in [-0.39, 0.29) is 5.66 Å². The molecule has 1 nitrogen and oxygen atoms in total. The maximum Gasteiger partial charge on any atom is 0.0854 e. The van der Waals surface area contributed by atoms with E-state index in [9.17, 15) is 4.57 Å². The highest BCUT2D eigenvalue weighted by atomic mass is 31.2. The molecule has 62 valence electrons. The molecule has 0 amide bonds. The van der Waals surface area contributed by atoms with Crippen molar-refractivity contribution in [3.63, 3.8) is 0 Å². The van der Waals surface area contributed by atoms with E-state index in [1.54, 1.807) is 0 Å². The van der Waals surface area contributed by atoms with Gasteiger partial charge in [-0.15, -0.1) is 0 Å². The van der Waals surface area contributed by atoms with E-state index in [4.69, 9.17) is 0 Å². The van der Waals surface area contributed by atoms with E-state index in [2.05, 4.69) is 19.1 Å². The summed E-state index contributed by atoms with van der Waals surface area (Å²) in [7, 11) is -1.91. The minimum Gasteiger partial charge on any atom is -0.324 e. The van der Waals surface area contributed by atoms with Crippen LogP contribution in [0.5, 0.6) is 0 Å². The summed E-state index contributed by atoms with van der Waals surface area (Å²) in [4.78, 5) is 0. The highest BCUT2D eigenvalue weighted by molar-refractivity contribution is 7.63. The topological polar surface area (TPSA) is 17.1 Å². The molecule has 1 atom stereocenters. The molecule has 0 aromatic rings. The van der Waals surface area contributed by atoms with E-state index in [1.165, 1.54) is 0 Å². The van der Waals surface area contributed by atoms with Gasteiger partial charge in [-0.25, -0.2) is 0 Å². The minimum atomic E-state index is -1.91. The Morgan fingerprint density at radius 3 is 2.09 bits per heavy atom. The molecule has 0 fully saturated rings. The summed E-state index contributed by atoms with van der Waals surface area (Å²) in [6.07, 6.45) is 8.28. The monoisotopic (exact) mass is 170 g/mol. The van der Waals surface area contributed by atoms with Crippen LogP contribution < -0.4 is 0 Å². The van der Waals surface area contributed by atoms with Crippen LogP contribution in [-0.2, 0) is 4.57 Å². The van der Waals surface area contributed by atoms with Gasteiger partial charge in [0.2, 0.25) is 0 Å². The Balaban J connectivity index is 2.69. The molecule has 0 heterocycles. The molecule has 0 saturated heterocycles. The Bertz CT molecular complexity index is 222. The van der Waals surface area contributed by atoms with Crippen molar-refractivity contribution < 1.29 is 4.57 Å². The molecule has 0 unspecified atom stereocenters. The number of allylic oxidation sites excluding steroid dienone is 4. The molecule has 1 rings (SSSR count). The largest absolute Gasteiger partial charge is 0.324 e. The van der Waals surface area contributed by atoms with Gasteiger partial charge in [-0.3, -0.25) is 0 Å². The third-order valence-electron chi connectivity index (χ3n) is 2.32. The highest BCUT2D eigenvalue weighted by Gasteiger charge is 2.24. The fourth-order valence-electron chi connectivity index (χ4n) is 1.19. The third-order valence-corrected chi connectivity index (χ3v) is 4.62. The maximum atomic E-state index is 11.6. The molecule has 1 aliphatic rings. The quantitative estimate of drug-likeness (QED) is 0.582. The first kappa shape index (κ1) is 8.80. The van der Waals surface area contributed by atoms with Crippen molar-refractivity contribution in [2.24, 2.45) is 5.92 Å². The van der Waals surface area contributed by atoms with Crippen molar-refractivity contribution in [2.75, 3.05) is 13.3 Å². The molecule has 0 N–H and O–H groups in total. The molecule has 0 bridgehead atoms.